The molecule has 1 fully saturated rings. The van der Waals surface area contributed by atoms with E-state index < -0.39 is 5.97 Å². The summed E-state index contributed by atoms with van der Waals surface area (Å²) in [6.45, 7) is 1.56. The smallest absolute Gasteiger partial charge is 0.323 e. The zero-order chi connectivity index (χ0) is 16.7. The molecule has 2 aliphatic rings. The van der Waals surface area contributed by atoms with Gasteiger partial charge in [-0.25, -0.2) is 4.98 Å². The molecule has 0 saturated heterocycles. The Hall–Kier alpha value is -2.64. The van der Waals surface area contributed by atoms with Crippen LogP contribution in [0.4, 0.5) is 5.82 Å². The van der Waals surface area contributed by atoms with Crippen molar-refractivity contribution >= 4 is 11.8 Å². The van der Waals surface area contributed by atoms with Crippen LogP contribution in [0.15, 0.2) is 23.3 Å². The summed E-state index contributed by atoms with van der Waals surface area (Å²) in [5.41, 5.74) is 1.87. The van der Waals surface area contributed by atoms with Gasteiger partial charge in [-0.1, -0.05) is 6.42 Å². The van der Waals surface area contributed by atoms with Crippen molar-refractivity contribution in [1.82, 2.24) is 19.3 Å². The van der Waals surface area contributed by atoms with Crippen LogP contribution in [0.3, 0.4) is 0 Å². The number of hydrogen-bond donors (Lipinski definition) is 1. The van der Waals surface area contributed by atoms with Gasteiger partial charge >= 0.3 is 5.97 Å². The largest absolute Gasteiger partial charge is 0.480 e. The predicted octanol–water partition coefficient (Wildman–Crippen LogP) is 0.812. The summed E-state index contributed by atoms with van der Waals surface area (Å²) in [7, 11) is 0. The van der Waals surface area contributed by atoms with Gasteiger partial charge in [0.25, 0.3) is 5.56 Å². The third-order valence-corrected chi connectivity index (χ3v) is 4.84. The Morgan fingerprint density at radius 3 is 2.88 bits per heavy atom. The standard InChI is InChI=1S/C16H19N5O3/c22-14(23)10-20-5-4-17-15(16(20)24)19-6-7-21-12(9-19)8-13(18-21)11-2-1-3-11/h4-5,8,11H,1-3,6-7,9-10H2,(H,22,23). The van der Waals surface area contributed by atoms with Crippen LogP contribution in [0.2, 0.25) is 0 Å². The molecule has 1 aliphatic heterocycles. The summed E-state index contributed by atoms with van der Waals surface area (Å²) in [5.74, 6) is -0.160. The molecule has 0 spiro atoms. The molecule has 2 aromatic rings. The molecule has 2 aromatic heterocycles. The van der Waals surface area contributed by atoms with Crippen LogP contribution in [-0.2, 0) is 24.4 Å². The minimum Gasteiger partial charge on any atom is -0.480 e. The van der Waals surface area contributed by atoms with E-state index in [1.54, 1.807) is 0 Å². The quantitative estimate of drug-likeness (QED) is 0.892. The fourth-order valence-electron chi connectivity index (χ4n) is 3.30. The van der Waals surface area contributed by atoms with Crippen LogP contribution in [-0.4, -0.2) is 37.0 Å². The number of carbonyl (C=O) groups is 1. The van der Waals surface area contributed by atoms with Crippen molar-refractivity contribution in [2.45, 2.75) is 44.8 Å². The average Bonchev–Trinajstić information content (AvgIpc) is 2.89. The number of fused-ring (bicyclic) bond motifs is 1. The molecule has 126 valence electrons. The third-order valence-electron chi connectivity index (χ3n) is 4.84. The van der Waals surface area contributed by atoms with Crippen LogP contribution in [0.5, 0.6) is 0 Å². The van der Waals surface area contributed by atoms with Gasteiger partial charge in [0.15, 0.2) is 5.82 Å². The van der Waals surface area contributed by atoms with E-state index in [-0.39, 0.29) is 12.1 Å². The van der Waals surface area contributed by atoms with Crippen LogP contribution < -0.4 is 10.5 Å². The van der Waals surface area contributed by atoms with Crippen molar-refractivity contribution in [3.8, 4) is 0 Å². The molecule has 1 N–H and O–H groups in total. The number of rotatable bonds is 4. The maximum atomic E-state index is 12.5. The highest BCUT2D eigenvalue weighted by Crippen LogP contribution is 2.36. The highest BCUT2D eigenvalue weighted by Gasteiger charge is 2.27. The molecule has 4 rings (SSSR count). The minimum absolute atomic E-state index is 0.302. The second-order valence-corrected chi connectivity index (χ2v) is 6.41. The number of nitrogens with zero attached hydrogens (tertiary/aromatic N) is 5. The summed E-state index contributed by atoms with van der Waals surface area (Å²) >= 11 is 0. The number of aromatic nitrogens is 4. The van der Waals surface area contributed by atoms with Gasteiger partial charge in [-0.3, -0.25) is 18.8 Å². The first-order valence-corrected chi connectivity index (χ1v) is 8.20. The van der Waals surface area contributed by atoms with E-state index in [1.807, 2.05) is 9.58 Å². The summed E-state index contributed by atoms with van der Waals surface area (Å²) < 4.78 is 3.19. The first-order chi connectivity index (χ1) is 11.6. The lowest BCUT2D eigenvalue weighted by molar-refractivity contribution is -0.137. The lowest BCUT2D eigenvalue weighted by Crippen LogP contribution is -2.39. The molecule has 0 amide bonds. The molecule has 1 aliphatic carbocycles. The molecule has 0 bridgehead atoms. The van der Waals surface area contributed by atoms with E-state index >= 15 is 0 Å². The molecular formula is C16H19N5O3. The number of carboxylic acids is 1. The lowest BCUT2D eigenvalue weighted by Gasteiger charge is -2.28. The van der Waals surface area contributed by atoms with E-state index in [1.165, 1.54) is 36.2 Å². The molecule has 0 radical (unpaired) electrons. The number of carboxylic acid groups (broad SMARTS) is 1. The highest BCUT2D eigenvalue weighted by molar-refractivity contribution is 5.66. The maximum absolute atomic E-state index is 12.5. The van der Waals surface area contributed by atoms with Crippen molar-refractivity contribution < 1.29 is 9.90 Å². The fourth-order valence-corrected chi connectivity index (χ4v) is 3.30. The van der Waals surface area contributed by atoms with Gasteiger partial charge < -0.3 is 10.0 Å². The third kappa shape index (κ3) is 2.57. The van der Waals surface area contributed by atoms with E-state index in [0.29, 0.717) is 31.4 Å². The Morgan fingerprint density at radius 1 is 1.33 bits per heavy atom. The fraction of sp³-hybridized carbons (Fsp3) is 0.500. The molecule has 0 aromatic carbocycles. The summed E-state index contributed by atoms with van der Waals surface area (Å²) in [5, 5.41) is 13.6. The molecule has 0 unspecified atom stereocenters. The van der Waals surface area contributed by atoms with Crippen LogP contribution in [0, 0.1) is 0 Å². The van der Waals surface area contributed by atoms with Crippen LogP contribution >= 0.6 is 0 Å². The normalized spacial score (nSPS) is 17.4. The Balaban J connectivity index is 1.59. The minimum atomic E-state index is -1.05. The van der Waals surface area contributed by atoms with E-state index in [9.17, 15) is 9.59 Å². The van der Waals surface area contributed by atoms with Gasteiger partial charge in [-0.05, 0) is 18.9 Å². The summed E-state index contributed by atoms with van der Waals surface area (Å²) in [6.07, 6.45) is 6.57. The van der Waals surface area contributed by atoms with Crippen molar-refractivity contribution in [3.63, 3.8) is 0 Å². The van der Waals surface area contributed by atoms with Crippen molar-refractivity contribution in [2.75, 3.05) is 11.4 Å². The predicted molar refractivity (Wildman–Crippen MR) is 86.0 cm³/mol. The SMILES string of the molecule is O=C(O)Cn1ccnc(N2CCn3nc(C4CCC4)cc3C2)c1=O. The van der Waals surface area contributed by atoms with Gasteiger partial charge in [0, 0.05) is 24.9 Å². The van der Waals surface area contributed by atoms with Crippen molar-refractivity contribution in [1.29, 1.82) is 0 Å². The Kier molecular flexibility index (Phi) is 3.59. The molecule has 0 atom stereocenters. The van der Waals surface area contributed by atoms with Crippen LogP contribution in [0.1, 0.15) is 36.6 Å². The van der Waals surface area contributed by atoms with Gasteiger partial charge in [0.2, 0.25) is 0 Å². The van der Waals surface area contributed by atoms with Gasteiger partial charge in [-0.2, -0.15) is 5.10 Å². The molecular weight excluding hydrogens is 310 g/mol. The number of anilines is 1. The molecule has 8 heteroatoms. The molecule has 1 saturated carbocycles. The maximum Gasteiger partial charge on any atom is 0.323 e. The summed E-state index contributed by atoms with van der Waals surface area (Å²) in [6, 6.07) is 2.13. The topological polar surface area (TPSA) is 93.2 Å². The second-order valence-electron chi connectivity index (χ2n) is 6.41. The van der Waals surface area contributed by atoms with Gasteiger partial charge in [-0.15, -0.1) is 0 Å². The van der Waals surface area contributed by atoms with E-state index in [2.05, 4.69) is 16.1 Å². The van der Waals surface area contributed by atoms with E-state index in [0.717, 1.165) is 11.4 Å². The number of aliphatic carboxylic acids is 1. The van der Waals surface area contributed by atoms with E-state index in [4.69, 9.17) is 5.11 Å². The monoisotopic (exact) mass is 329 g/mol. The van der Waals surface area contributed by atoms with Gasteiger partial charge in [0.1, 0.15) is 6.54 Å². The number of hydrogen-bond acceptors (Lipinski definition) is 5. The Morgan fingerprint density at radius 2 is 2.17 bits per heavy atom. The van der Waals surface area contributed by atoms with Crippen LogP contribution in [0.25, 0.3) is 0 Å². The van der Waals surface area contributed by atoms with Crippen molar-refractivity contribution in [2.24, 2.45) is 0 Å². The zero-order valence-corrected chi connectivity index (χ0v) is 13.3. The zero-order valence-electron chi connectivity index (χ0n) is 13.3. The average molecular weight is 329 g/mol. The Bertz CT molecular complexity index is 836. The molecule has 3 heterocycles. The summed E-state index contributed by atoms with van der Waals surface area (Å²) in [4.78, 5) is 29.4. The first-order valence-electron chi connectivity index (χ1n) is 8.20. The second kappa shape index (κ2) is 5.77. The van der Waals surface area contributed by atoms with Crippen molar-refractivity contribution in [3.05, 3.63) is 40.2 Å². The first kappa shape index (κ1) is 14.9. The Labute approximate surface area is 138 Å². The highest BCUT2D eigenvalue weighted by atomic mass is 16.4. The molecule has 24 heavy (non-hydrogen) atoms. The lowest BCUT2D eigenvalue weighted by atomic mass is 9.83. The molecule has 8 nitrogen and oxygen atoms in total. The van der Waals surface area contributed by atoms with Gasteiger partial charge in [0.05, 0.1) is 24.5 Å².